The number of nitrogens with zero attached hydrogens (tertiary/aromatic N) is 2. The van der Waals surface area contributed by atoms with Crippen molar-refractivity contribution >= 4 is 5.91 Å². The number of aromatic amines is 1. The van der Waals surface area contributed by atoms with Crippen molar-refractivity contribution < 1.29 is 4.79 Å². The van der Waals surface area contributed by atoms with E-state index in [9.17, 15) is 4.79 Å². The molecule has 1 aromatic carbocycles. The Morgan fingerprint density at radius 1 is 1.25 bits per heavy atom. The molecule has 0 spiro atoms. The van der Waals surface area contributed by atoms with Crippen LogP contribution in [0.5, 0.6) is 0 Å². The zero-order valence-corrected chi connectivity index (χ0v) is 13.2. The van der Waals surface area contributed by atoms with Crippen molar-refractivity contribution in [1.82, 2.24) is 25.4 Å². The molecule has 24 heavy (non-hydrogen) atoms. The van der Waals surface area contributed by atoms with Crippen molar-refractivity contribution in [3.05, 3.63) is 65.6 Å². The molecule has 0 aliphatic carbocycles. The third-order valence-electron chi connectivity index (χ3n) is 4.29. The summed E-state index contributed by atoms with van der Waals surface area (Å²) in [4.78, 5) is 12.4. The van der Waals surface area contributed by atoms with Crippen molar-refractivity contribution in [3.63, 3.8) is 0 Å². The highest BCUT2D eigenvalue weighted by atomic mass is 16.1. The summed E-state index contributed by atoms with van der Waals surface area (Å²) in [5.74, 6) is -0.0525. The molecular weight excluding hydrogens is 302 g/mol. The lowest BCUT2D eigenvalue weighted by atomic mass is 10.1. The highest BCUT2D eigenvalue weighted by Gasteiger charge is 2.18. The van der Waals surface area contributed by atoms with Gasteiger partial charge in [-0.05, 0) is 12.1 Å². The van der Waals surface area contributed by atoms with Crippen molar-refractivity contribution in [2.45, 2.75) is 19.6 Å². The molecule has 0 radical (unpaired) electrons. The van der Waals surface area contributed by atoms with Crippen LogP contribution in [-0.2, 0) is 19.6 Å². The van der Waals surface area contributed by atoms with Gasteiger partial charge in [-0.25, -0.2) is 0 Å². The summed E-state index contributed by atoms with van der Waals surface area (Å²) in [6.07, 6.45) is 1.98. The van der Waals surface area contributed by atoms with Crippen LogP contribution in [0.3, 0.4) is 0 Å². The van der Waals surface area contributed by atoms with Crippen LogP contribution >= 0.6 is 0 Å². The number of rotatable bonds is 4. The minimum Gasteiger partial charge on any atom is -0.348 e. The number of fused-ring (bicyclic) bond motifs is 1. The third kappa shape index (κ3) is 2.83. The summed E-state index contributed by atoms with van der Waals surface area (Å²) in [7, 11) is 0. The monoisotopic (exact) mass is 321 g/mol. The summed E-state index contributed by atoms with van der Waals surface area (Å²) in [6.45, 7) is 3.01. The lowest BCUT2D eigenvalue weighted by Crippen LogP contribution is -2.30. The highest BCUT2D eigenvalue weighted by molar-refractivity contribution is 5.95. The normalized spacial score (nSPS) is 13.5. The van der Waals surface area contributed by atoms with Gasteiger partial charge < -0.3 is 15.2 Å². The zero-order valence-electron chi connectivity index (χ0n) is 13.2. The van der Waals surface area contributed by atoms with Gasteiger partial charge in [-0.1, -0.05) is 30.3 Å². The molecule has 1 aliphatic heterocycles. The van der Waals surface area contributed by atoms with Crippen LogP contribution in [0.4, 0.5) is 0 Å². The van der Waals surface area contributed by atoms with Gasteiger partial charge in [0.1, 0.15) is 0 Å². The number of aromatic nitrogens is 3. The summed E-state index contributed by atoms with van der Waals surface area (Å²) in [5.41, 5.74) is 4.61. The zero-order chi connectivity index (χ0) is 16.4. The molecule has 4 rings (SSSR count). The highest BCUT2D eigenvalue weighted by Crippen LogP contribution is 2.17. The van der Waals surface area contributed by atoms with E-state index in [2.05, 4.69) is 25.4 Å². The number of carbonyl (C=O) groups is 1. The van der Waals surface area contributed by atoms with Crippen LogP contribution in [-0.4, -0.2) is 27.2 Å². The molecule has 0 saturated heterocycles. The molecule has 6 heteroatoms. The quantitative estimate of drug-likeness (QED) is 0.687. The molecule has 0 fully saturated rings. The first-order valence-corrected chi connectivity index (χ1v) is 8.08. The van der Waals surface area contributed by atoms with E-state index in [0.717, 1.165) is 47.8 Å². The minimum absolute atomic E-state index is 0.0525. The van der Waals surface area contributed by atoms with E-state index < -0.39 is 0 Å². The van der Waals surface area contributed by atoms with Crippen LogP contribution in [0.15, 0.2) is 48.7 Å². The largest absolute Gasteiger partial charge is 0.348 e. The first-order valence-electron chi connectivity index (χ1n) is 8.08. The van der Waals surface area contributed by atoms with Gasteiger partial charge in [-0.15, -0.1) is 0 Å². The average molecular weight is 321 g/mol. The predicted octanol–water partition coefficient (Wildman–Crippen LogP) is 1.91. The lowest BCUT2D eigenvalue weighted by molar-refractivity contribution is 0.0949. The second-order valence-corrected chi connectivity index (χ2v) is 5.87. The smallest absolute Gasteiger partial charge is 0.253 e. The standard InChI is InChI=1S/C18H19N5O/c24-18(15-6-8-23-9-7-19-12-17(15)23)20-11-14-10-16(22-21-14)13-4-2-1-3-5-13/h1-6,8,10,19H,7,9,11-12H2,(H,20,24)(H,21,22). The molecule has 1 amide bonds. The summed E-state index contributed by atoms with van der Waals surface area (Å²) >= 11 is 0. The maximum atomic E-state index is 12.4. The number of amides is 1. The Bertz CT molecular complexity index is 849. The lowest BCUT2D eigenvalue weighted by Gasteiger charge is -2.17. The van der Waals surface area contributed by atoms with Crippen LogP contribution in [0.1, 0.15) is 21.7 Å². The molecule has 6 nitrogen and oxygen atoms in total. The Balaban J connectivity index is 1.43. The van der Waals surface area contributed by atoms with E-state index in [-0.39, 0.29) is 5.91 Å². The second-order valence-electron chi connectivity index (χ2n) is 5.87. The molecular formula is C18H19N5O. The van der Waals surface area contributed by atoms with E-state index in [0.29, 0.717) is 6.54 Å². The van der Waals surface area contributed by atoms with Crippen LogP contribution in [0.2, 0.25) is 0 Å². The van der Waals surface area contributed by atoms with Gasteiger partial charge >= 0.3 is 0 Å². The van der Waals surface area contributed by atoms with Crippen molar-refractivity contribution in [3.8, 4) is 11.3 Å². The van der Waals surface area contributed by atoms with Crippen LogP contribution < -0.4 is 10.6 Å². The first kappa shape index (κ1) is 14.7. The maximum absolute atomic E-state index is 12.4. The Morgan fingerprint density at radius 2 is 2.12 bits per heavy atom. The van der Waals surface area contributed by atoms with Crippen molar-refractivity contribution in [1.29, 1.82) is 0 Å². The molecule has 3 aromatic rings. The molecule has 0 unspecified atom stereocenters. The summed E-state index contributed by atoms with van der Waals surface area (Å²) < 4.78 is 2.13. The topological polar surface area (TPSA) is 74.7 Å². The molecule has 3 N–H and O–H groups in total. The van der Waals surface area contributed by atoms with E-state index in [4.69, 9.17) is 0 Å². The molecule has 122 valence electrons. The Hall–Kier alpha value is -2.86. The van der Waals surface area contributed by atoms with Crippen molar-refractivity contribution in [2.75, 3.05) is 6.54 Å². The number of benzene rings is 1. The second kappa shape index (κ2) is 6.33. The molecule has 0 saturated carbocycles. The van der Waals surface area contributed by atoms with Gasteiger partial charge in [0.15, 0.2) is 0 Å². The van der Waals surface area contributed by atoms with Gasteiger partial charge in [0.05, 0.1) is 23.5 Å². The molecule has 0 atom stereocenters. The van der Waals surface area contributed by atoms with Gasteiger partial charge in [-0.2, -0.15) is 5.10 Å². The van der Waals surface area contributed by atoms with Gasteiger partial charge in [0.2, 0.25) is 0 Å². The first-order chi connectivity index (χ1) is 11.8. The van der Waals surface area contributed by atoms with E-state index >= 15 is 0 Å². The SMILES string of the molecule is O=C(NCc1cc(-c2ccccc2)n[nH]1)c1ccn2c1CNCC2. The van der Waals surface area contributed by atoms with E-state index in [1.54, 1.807) is 0 Å². The Kier molecular flexibility index (Phi) is 3.88. The molecule has 1 aliphatic rings. The summed E-state index contributed by atoms with van der Waals surface area (Å²) in [5, 5.41) is 13.6. The van der Waals surface area contributed by atoms with Crippen molar-refractivity contribution in [2.24, 2.45) is 0 Å². The van der Waals surface area contributed by atoms with E-state index in [1.165, 1.54) is 0 Å². The fourth-order valence-corrected chi connectivity index (χ4v) is 3.00. The summed E-state index contributed by atoms with van der Waals surface area (Å²) in [6, 6.07) is 13.8. The van der Waals surface area contributed by atoms with E-state index in [1.807, 2.05) is 48.7 Å². The van der Waals surface area contributed by atoms with Gasteiger partial charge in [-0.3, -0.25) is 9.89 Å². The third-order valence-corrected chi connectivity index (χ3v) is 4.29. The fourth-order valence-electron chi connectivity index (χ4n) is 3.00. The molecule has 0 bridgehead atoms. The average Bonchev–Trinajstić information content (AvgIpc) is 3.27. The number of hydrogen-bond donors (Lipinski definition) is 3. The van der Waals surface area contributed by atoms with Gasteiger partial charge in [0, 0.05) is 37.1 Å². The molecule has 2 aromatic heterocycles. The number of carbonyl (C=O) groups excluding carboxylic acids is 1. The fraction of sp³-hybridized carbons (Fsp3) is 0.222. The van der Waals surface area contributed by atoms with Gasteiger partial charge in [0.25, 0.3) is 5.91 Å². The van der Waals surface area contributed by atoms with Crippen LogP contribution in [0.25, 0.3) is 11.3 Å². The Labute approximate surface area is 139 Å². The van der Waals surface area contributed by atoms with Crippen LogP contribution in [0, 0.1) is 0 Å². The Morgan fingerprint density at radius 3 is 3.00 bits per heavy atom. The molecule has 3 heterocycles. The predicted molar refractivity (Wildman–Crippen MR) is 91.3 cm³/mol. The number of hydrogen-bond acceptors (Lipinski definition) is 3. The maximum Gasteiger partial charge on any atom is 0.253 e. The number of H-pyrrole nitrogens is 1. The minimum atomic E-state index is -0.0525. The number of nitrogens with one attached hydrogen (secondary N) is 3.